The van der Waals surface area contributed by atoms with E-state index in [0.29, 0.717) is 6.04 Å². The van der Waals surface area contributed by atoms with Crippen LogP contribution in [0.15, 0.2) is 24.3 Å². The molecule has 1 fully saturated rings. The Morgan fingerprint density at radius 3 is 2.56 bits per heavy atom. The van der Waals surface area contributed by atoms with Crippen molar-refractivity contribution in [2.45, 2.75) is 25.4 Å². The number of hydrogen-bond donors (Lipinski definition) is 1. The zero-order chi connectivity index (χ0) is 11.2. The molecule has 1 aromatic rings. The van der Waals surface area contributed by atoms with E-state index >= 15 is 0 Å². The van der Waals surface area contributed by atoms with E-state index in [0.717, 1.165) is 12.3 Å². The van der Waals surface area contributed by atoms with Crippen molar-refractivity contribution in [1.82, 2.24) is 5.32 Å². The predicted octanol–water partition coefficient (Wildman–Crippen LogP) is 2.68. The Kier molecular flexibility index (Phi) is 4.55. The summed E-state index contributed by atoms with van der Waals surface area (Å²) in [5, 5.41) is 3.62. The normalized spacial score (nSPS) is 17.3. The van der Waals surface area contributed by atoms with Crippen molar-refractivity contribution >= 4 is 11.8 Å². The third-order valence-corrected chi connectivity index (χ3v) is 4.02. The molecule has 1 aromatic carbocycles. The van der Waals surface area contributed by atoms with Gasteiger partial charge in [-0.15, -0.1) is 0 Å². The van der Waals surface area contributed by atoms with Gasteiger partial charge in [-0.2, -0.15) is 11.8 Å². The lowest BCUT2D eigenvalue weighted by Crippen LogP contribution is -2.31. The summed E-state index contributed by atoms with van der Waals surface area (Å²) in [6.45, 7) is 0.972. The maximum Gasteiger partial charge on any atom is 0.118 e. The van der Waals surface area contributed by atoms with Crippen molar-refractivity contribution in [1.29, 1.82) is 0 Å². The van der Waals surface area contributed by atoms with E-state index < -0.39 is 0 Å². The first-order valence-electron chi connectivity index (χ1n) is 5.82. The number of methoxy groups -OCH3 is 1. The average Bonchev–Trinajstić information content (AvgIpc) is 2.38. The quantitative estimate of drug-likeness (QED) is 0.870. The van der Waals surface area contributed by atoms with Crippen molar-refractivity contribution in [2.24, 2.45) is 0 Å². The first kappa shape index (κ1) is 11.8. The topological polar surface area (TPSA) is 21.3 Å². The molecule has 0 unspecified atom stereocenters. The molecule has 0 aliphatic carbocycles. The first-order valence-corrected chi connectivity index (χ1v) is 6.98. The summed E-state index contributed by atoms with van der Waals surface area (Å²) in [5.41, 5.74) is 1.33. The molecule has 16 heavy (non-hydrogen) atoms. The molecule has 1 aliphatic rings. The lowest BCUT2D eigenvalue weighted by atomic mass is 10.1. The Morgan fingerprint density at radius 2 is 1.94 bits per heavy atom. The van der Waals surface area contributed by atoms with Gasteiger partial charge in [0.1, 0.15) is 5.75 Å². The van der Waals surface area contributed by atoms with Gasteiger partial charge in [0.2, 0.25) is 0 Å². The van der Waals surface area contributed by atoms with Crippen LogP contribution in [0.4, 0.5) is 0 Å². The molecule has 0 spiro atoms. The lowest BCUT2D eigenvalue weighted by molar-refractivity contribution is 0.414. The molecule has 2 rings (SSSR count). The standard InChI is InChI=1S/C13H19NOS/c1-15-13-4-2-11(3-5-13)10-14-12-6-8-16-9-7-12/h2-5,12,14H,6-10H2,1H3. The Labute approximate surface area is 102 Å². The van der Waals surface area contributed by atoms with E-state index in [1.807, 2.05) is 12.1 Å². The SMILES string of the molecule is COc1ccc(CNC2CCSCC2)cc1. The van der Waals surface area contributed by atoms with Crippen molar-refractivity contribution in [3.05, 3.63) is 29.8 Å². The molecule has 0 amide bonds. The molecule has 1 aliphatic heterocycles. The zero-order valence-corrected chi connectivity index (χ0v) is 10.6. The molecule has 88 valence electrons. The van der Waals surface area contributed by atoms with Crippen LogP contribution < -0.4 is 10.1 Å². The lowest BCUT2D eigenvalue weighted by Gasteiger charge is -2.22. The fraction of sp³-hybridized carbons (Fsp3) is 0.538. The van der Waals surface area contributed by atoms with Gasteiger partial charge in [-0.3, -0.25) is 0 Å². The number of benzene rings is 1. The number of ether oxygens (including phenoxy) is 1. The third kappa shape index (κ3) is 3.42. The summed E-state index contributed by atoms with van der Waals surface area (Å²) in [7, 11) is 1.70. The summed E-state index contributed by atoms with van der Waals surface area (Å²) in [6.07, 6.45) is 2.61. The molecule has 0 atom stereocenters. The molecule has 1 N–H and O–H groups in total. The summed E-state index contributed by atoms with van der Waals surface area (Å²) in [4.78, 5) is 0. The second kappa shape index (κ2) is 6.16. The summed E-state index contributed by atoms with van der Waals surface area (Å²) < 4.78 is 5.14. The third-order valence-electron chi connectivity index (χ3n) is 2.98. The molecular formula is C13H19NOS. The van der Waals surface area contributed by atoms with Crippen LogP contribution in [0.2, 0.25) is 0 Å². The van der Waals surface area contributed by atoms with E-state index in [1.165, 1.54) is 29.9 Å². The maximum atomic E-state index is 5.14. The van der Waals surface area contributed by atoms with Crippen LogP contribution in [0.3, 0.4) is 0 Å². The number of rotatable bonds is 4. The molecule has 1 heterocycles. The Hall–Kier alpha value is -0.670. The van der Waals surface area contributed by atoms with Gasteiger partial charge < -0.3 is 10.1 Å². The van der Waals surface area contributed by atoms with Crippen molar-refractivity contribution < 1.29 is 4.74 Å². The minimum Gasteiger partial charge on any atom is -0.497 e. The van der Waals surface area contributed by atoms with Crippen LogP contribution in [0.5, 0.6) is 5.75 Å². The fourth-order valence-electron chi connectivity index (χ4n) is 1.91. The predicted molar refractivity (Wildman–Crippen MR) is 70.2 cm³/mol. The average molecular weight is 237 g/mol. The second-order valence-corrected chi connectivity index (χ2v) is 5.34. The molecule has 1 saturated heterocycles. The Bertz CT molecular complexity index is 306. The maximum absolute atomic E-state index is 5.14. The molecule has 2 nitrogen and oxygen atoms in total. The summed E-state index contributed by atoms with van der Waals surface area (Å²) in [6, 6.07) is 9.01. The summed E-state index contributed by atoms with van der Waals surface area (Å²) >= 11 is 2.07. The van der Waals surface area contributed by atoms with Crippen LogP contribution >= 0.6 is 11.8 Å². The van der Waals surface area contributed by atoms with Crippen LogP contribution in [0, 0.1) is 0 Å². The van der Waals surface area contributed by atoms with Gasteiger partial charge in [0.05, 0.1) is 7.11 Å². The summed E-state index contributed by atoms with van der Waals surface area (Å²) in [5.74, 6) is 3.54. The zero-order valence-electron chi connectivity index (χ0n) is 9.74. The van der Waals surface area contributed by atoms with Gasteiger partial charge in [-0.05, 0) is 42.0 Å². The van der Waals surface area contributed by atoms with Gasteiger partial charge in [-0.25, -0.2) is 0 Å². The molecule has 0 radical (unpaired) electrons. The minimum absolute atomic E-state index is 0.711. The second-order valence-electron chi connectivity index (χ2n) is 4.12. The number of nitrogens with one attached hydrogen (secondary N) is 1. The fourth-order valence-corrected chi connectivity index (χ4v) is 3.01. The molecule has 3 heteroatoms. The molecule has 0 saturated carbocycles. The number of thioether (sulfide) groups is 1. The van der Waals surface area contributed by atoms with E-state index in [1.54, 1.807) is 7.11 Å². The van der Waals surface area contributed by atoms with E-state index in [4.69, 9.17) is 4.74 Å². The van der Waals surface area contributed by atoms with Gasteiger partial charge in [0.15, 0.2) is 0 Å². The highest BCUT2D eigenvalue weighted by Crippen LogP contribution is 2.17. The van der Waals surface area contributed by atoms with Gasteiger partial charge in [0.25, 0.3) is 0 Å². The van der Waals surface area contributed by atoms with Crippen molar-refractivity contribution in [3.8, 4) is 5.75 Å². The van der Waals surface area contributed by atoms with Crippen LogP contribution in [0.1, 0.15) is 18.4 Å². The molecular weight excluding hydrogens is 218 g/mol. The van der Waals surface area contributed by atoms with Gasteiger partial charge >= 0.3 is 0 Å². The van der Waals surface area contributed by atoms with E-state index in [2.05, 4.69) is 29.2 Å². The van der Waals surface area contributed by atoms with E-state index in [9.17, 15) is 0 Å². The Morgan fingerprint density at radius 1 is 1.25 bits per heavy atom. The monoisotopic (exact) mass is 237 g/mol. The highest BCUT2D eigenvalue weighted by molar-refractivity contribution is 7.99. The smallest absolute Gasteiger partial charge is 0.118 e. The first-order chi connectivity index (χ1) is 7.88. The number of hydrogen-bond acceptors (Lipinski definition) is 3. The van der Waals surface area contributed by atoms with Crippen molar-refractivity contribution in [2.75, 3.05) is 18.6 Å². The molecule has 0 aromatic heterocycles. The van der Waals surface area contributed by atoms with Crippen LogP contribution in [-0.4, -0.2) is 24.7 Å². The van der Waals surface area contributed by atoms with Crippen LogP contribution in [0.25, 0.3) is 0 Å². The van der Waals surface area contributed by atoms with Crippen LogP contribution in [-0.2, 0) is 6.54 Å². The Balaban J connectivity index is 1.79. The largest absolute Gasteiger partial charge is 0.497 e. The highest BCUT2D eigenvalue weighted by Gasteiger charge is 2.12. The highest BCUT2D eigenvalue weighted by atomic mass is 32.2. The van der Waals surface area contributed by atoms with Gasteiger partial charge in [0, 0.05) is 12.6 Å². The molecule has 0 bridgehead atoms. The van der Waals surface area contributed by atoms with Gasteiger partial charge in [-0.1, -0.05) is 12.1 Å². The van der Waals surface area contributed by atoms with E-state index in [-0.39, 0.29) is 0 Å². The minimum atomic E-state index is 0.711. The van der Waals surface area contributed by atoms with Crippen molar-refractivity contribution in [3.63, 3.8) is 0 Å².